The number of esters is 1. The Bertz CT molecular complexity index is 482. The van der Waals surface area contributed by atoms with Crippen LogP contribution in [0.25, 0.3) is 0 Å². The van der Waals surface area contributed by atoms with E-state index < -0.39 is 0 Å². The van der Waals surface area contributed by atoms with Crippen LogP contribution in [0.15, 0.2) is 0 Å². The van der Waals surface area contributed by atoms with E-state index in [2.05, 4.69) is 5.32 Å². The fourth-order valence-electron chi connectivity index (χ4n) is 3.34. The molecule has 3 N–H and O–H groups in total. The van der Waals surface area contributed by atoms with E-state index in [9.17, 15) is 9.59 Å². The SMILES string of the molecule is CC(C)(C)OC(=O)CCCCCCCCCCCCC(=O)NCCOCCOCCOCCN. The van der Waals surface area contributed by atoms with E-state index in [0.29, 0.717) is 65.6 Å². The Labute approximate surface area is 208 Å². The minimum absolute atomic E-state index is 0.0864. The maximum absolute atomic E-state index is 11.8. The molecule has 0 aliphatic rings. The molecule has 0 spiro atoms. The van der Waals surface area contributed by atoms with Gasteiger partial charge in [0.1, 0.15) is 5.60 Å². The summed E-state index contributed by atoms with van der Waals surface area (Å²) in [4.78, 5) is 23.5. The van der Waals surface area contributed by atoms with Crippen LogP contribution in [-0.4, -0.2) is 70.2 Å². The van der Waals surface area contributed by atoms with Gasteiger partial charge in [-0.3, -0.25) is 9.59 Å². The highest BCUT2D eigenvalue weighted by Gasteiger charge is 2.15. The molecule has 0 saturated heterocycles. The van der Waals surface area contributed by atoms with Crippen molar-refractivity contribution < 1.29 is 28.5 Å². The van der Waals surface area contributed by atoms with Crippen LogP contribution in [0.3, 0.4) is 0 Å². The molecule has 1 amide bonds. The second-order valence-electron chi connectivity index (χ2n) is 9.60. The molecule has 0 radical (unpaired) electrons. The molecule has 8 heteroatoms. The molecule has 0 aromatic heterocycles. The van der Waals surface area contributed by atoms with Crippen molar-refractivity contribution in [3.05, 3.63) is 0 Å². The van der Waals surface area contributed by atoms with Crippen LogP contribution in [0, 0.1) is 0 Å². The van der Waals surface area contributed by atoms with Gasteiger partial charge in [0.15, 0.2) is 0 Å². The summed E-state index contributed by atoms with van der Waals surface area (Å²) in [6.45, 7) is 9.95. The number of nitrogens with one attached hydrogen (secondary N) is 1. The number of carbonyl (C=O) groups is 2. The number of carbonyl (C=O) groups excluding carboxylic acids is 2. The lowest BCUT2D eigenvalue weighted by molar-refractivity contribution is -0.154. The van der Waals surface area contributed by atoms with Gasteiger partial charge in [0, 0.05) is 25.9 Å². The average Bonchev–Trinajstić information content (AvgIpc) is 2.77. The summed E-state index contributed by atoms with van der Waals surface area (Å²) in [5.74, 6) is 0.0139. The second kappa shape index (κ2) is 23.5. The molecule has 0 aromatic carbocycles. The van der Waals surface area contributed by atoms with Crippen molar-refractivity contribution in [2.75, 3.05) is 52.7 Å². The molecular formula is C26H52N2O6. The number of nitrogens with two attached hydrogens (primary N) is 1. The normalized spacial score (nSPS) is 11.5. The number of ether oxygens (including phenoxy) is 4. The third kappa shape index (κ3) is 27.0. The molecule has 34 heavy (non-hydrogen) atoms. The van der Waals surface area contributed by atoms with Crippen LogP contribution in [0.4, 0.5) is 0 Å². The Hall–Kier alpha value is -1.22. The molecule has 0 saturated carbocycles. The summed E-state index contributed by atoms with van der Waals surface area (Å²) < 4.78 is 21.3. The first-order valence-corrected chi connectivity index (χ1v) is 13.3. The van der Waals surface area contributed by atoms with Gasteiger partial charge in [-0.05, 0) is 33.6 Å². The highest BCUT2D eigenvalue weighted by Crippen LogP contribution is 2.14. The second-order valence-corrected chi connectivity index (χ2v) is 9.60. The van der Waals surface area contributed by atoms with E-state index in [0.717, 1.165) is 25.7 Å². The van der Waals surface area contributed by atoms with Gasteiger partial charge in [0.25, 0.3) is 0 Å². The first-order valence-electron chi connectivity index (χ1n) is 13.3. The van der Waals surface area contributed by atoms with Gasteiger partial charge >= 0.3 is 5.97 Å². The lowest BCUT2D eigenvalue weighted by atomic mass is 10.0. The molecular weight excluding hydrogens is 436 g/mol. The third-order valence-corrected chi connectivity index (χ3v) is 5.03. The van der Waals surface area contributed by atoms with Gasteiger partial charge in [-0.2, -0.15) is 0 Å². The third-order valence-electron chi connectivity index (χ3n) is 5.03. The molecule has 0 atom stereocenters. The Morgan fingerprint density at radius 1 is 0.647 bits per heavy atom. The average molecular weight is 489 g/mol. The van der Waals surface area contributed by atoms with Gasteiger partial charge in [0.05, 0.1) is 39.6 Å². The predicted octanol–water partition coefficient (Wildman–Crippen LogP) is 4.13. The zero-order chi connectivity index (χ0) is 25.3. The van der Waals surface area contributed by atoms with E-state index in [1.807, 2.05) is 20.8 Å². The fraction of sp³-hybridized carbons (Fsp3) is 0.923. The smallest absolute Gasteiger partial charge is 0.306 e. The summed E-state index contributed by atoms with van der Waals surface area (Å²) in [5, 5.41) is 2.90. The molecule has 0 unspecified atom stereocenters. The van der Waals surface area contributed by atoms with Crippen molar-refractivity contribution in [1.29, 1.82) is 0 Å². The van der Waals surface area contributed by atoms with E-state index in [1.165, 1.54) is 38.5 Å². The lowest BCUT2D eigenvalue weighted by Crippen LogP contribution is -2.27. The summed E-state index contributed by atoms with van der Waals surface area (Å²) in [6.07, 6.45) is 12.5. The number of rotatable bonds is 24. The number of hydrogen-bond acceptors (Lipinski definition) is 7. The molecule has 0 heterocycles. The van der Waals surface area contributed by atoms with Crippen LogP contribution in [0.5, 0.6) is 0 Å². The minimum Gasteiger partial charge on any atom is -0.460 e. The van der Waals surface area contributed by atoms with Gasteiger partial charge < -0.3 is 30.0 Å². The van der Waals surface area contributed by atoms with Crippen molar-refractivity contribution in [2.24, 2.45) is 5.73 Å². The maximum atomic E-state index is 11.8. The standard InChI is InChI=1S/C26H52N2O6/c1-26(2,3)34-25(30)15-13-11-9-7-5-4-6-8-10-12-14-24(29)28-17-19-32-21-23-33-22-20-31-18-16-27/h4-23,27H2,1-3H3,(H,28,29). The van der Waals surface area contributed by atoms with E-state index in [1.54, 1.807) is 0 Å². The number of unbranched alkanes of at least 4 members (excludes halogenated alkanes) is 9. The van der Waals surface area contributed by atoms with Crippen molar-refractivity contribution in [3.8, 4) is 0 Å². The highest BCUT2D eigenvalue weighted by molar-refractivity contribution is 5.75. The topological polar surface area (TPSA) is 109 Å². The van der Waals surface area contributed by atoms with Crippen LogP contribution in [0.2, 0.25) is 0 Å². The van der Waals surface area contributed by atoms with Gasteiger partial charge in [0.2, 0.25) is 5.91 Å². The minimum atomic E-state index is -0.382. The lowest BCUT2D eigenvalue weighted by Gasteiger charge is -2.19. The quantitative estimate of drug-likeness (QED) is 0.155. The Kier molecular flexibility index (Phi) is 22.7. The molecule has 0 aliphatic carbocycles. The largest absolute Gasteiger partial charge is 0.460 e. The van der Waals surface area contributed by atoms with E-state index in [4.69, 9.17) is 24.7 Å². The summed E-state index contributed by atoms with van der Waals surface area (Å²) in [6, 6.07) is 0. The zero-order valence-corrected chi connectivity index (χ0v) is 22.2. The first-order chi connectivity index (χ1) is 16.3. The van der Waals surface area contributed by atoms with E-state index >= 15 is 0 Å². The van der Waals surface area contributed by atoms with Crippen molar-refractivity contribution in [1.82, 2.24) is 5.32 Å². The van der Waals surface area contributed by atoms with Crippen LogP contribution >= 0.6 is 0 Å². The molecule has 0 fully saturated rings. The molecule has 0 aromatic rings. The zero-order valence-electron chi connectivity index (χ0n) is 22.2. The van der Waals surface area contributed by atoms with Crippen molar-refractivity contribution in [2.45, 2.75) is 103 Å². The van der Waals surface area contributed by atoms with Gasteiger partial charge in [-0.1, -0.05) is 51.4 Å². The van der Waals surface area contributed by atoms with Crippen LogP contribution in [-0.2, 0) is 28.5 Å². The molecule has 0 bridgehead atoms. The summed E-state index contributed by atoms with van der Waals surface area (Å²) in [5.41, 5.74) is 4.94. The first kappa shape index (κ1) is 32.8. The summed E-state index contributed by atoms with van der Waals surface area (Å²) >= 11 is 0. The maximum Gasteiger partial charge on any atom is 0.306 e. The molecule has 0 aliphatic heterocycles. The Balaban J connectivity index is 3.24. The monoisotopic (exact) mass is 488 g/mol. The molecule has 202 valence electrons. The van der Waals surface area contributed by atoms with Crippen LogP contribution < -0.4 is 11.1 Å². The highest BCUT2D eigenvalue weighted by atomic mass is 16.6. The Morgan fingerprint density at radius 3 is 1.59 bits per heavy atom. The number of hydrogen-bond donors (Lipinski definition) is 2. The molecule has 0 rings (SSSR count). The summed E-state index contributed by atoms with van der Waals surface area (Å²) in [7, 11) is 0. The van der Waals surface area contributed by atoms with Crippen molar-refractivity contribution >= 4 is 11.9 Å². The number of amides is 1. The Morgan fingerprint density at radius 2 is 1.09 bits per heavy atom. The van der Waals surface area contributed by atoms with Gasteiger partial charge in [-0.25, -0.2) is 0 Å². The van der Waals surface area contributed by atoms with E-state index in [-0.39, 0.29) is 17.5 Å². The fourth-order valence-corrected chi connectivity index (χ4v) is 3.34. The predicted molar refractivity (Wildman–Crippen MR) is 136 cm³/mol. The van der Waals surface area contributed by atoms with Gasteiger partial charge in [-0.15, -0.1) is 0 Å². The molecule has 8 nitrogen and oxygen atoms in total. The van der Waals surface area contributed by atoms with Crippen LogP contribution in [0.1, 0.15) is 97.8 Å². The van der Waals surface area contributed by atoms with Crippen molar-refractivity contribution in [3.63, 3.8) is 0 Å².